The highest BCUT2D eigenvalue weighted by Crippen LogP contribution is 2.40. The van der Waals surface area contributed by atoms with E-state index >= 15 is 0 Å². The molecule has 0 fully saturated rings. The Morgan fingerprint density at radius 2 is 1.74 bits per heavy atom. The van der Waals surface area contributed by atoms with Gasteiger partial charge in [0.15, 0.2) is 0 Å². The first-order valence-electron chi connectivity index (χ1n) is 6.39. The maximum Gasteiger partial charge on any atom is 0.141 e. The van der Waals surface area contributed by atoms with E-state index in [9.17, 15) is 0 Å². The average Bonchev–Trinajstić information content (AvgIpc) is 2.38. The molecular formula is C14H22Cl2N2O. The Kier molecular flexibility index (Phi) is 6.40. The summed E-state index contributed by atoms with van der Waals surface area (Å²) in [6, 6.07) is 3.59. The molecule has 5 heteroatoms. The van der Waals surface area contributed by atoms with Gasteiger partial charge in [-0.3, -0.25) is 0 Å². The molecule has 0 aliphatic rings. The number of nitrogens with two attached hydrogens (primary N) is 2. The Labute approximate surface area is 125 Å². The van der Waals surface area contributed by atoms with E-state index in [0.29, 0.717) is 34.8 Å². The lowest BCUT2D eigenvalue weighted by molar-refractivity contribution is 0.319. The summed E-state index contributed by atoms with van der Waals surface area (Å²) >= 11 is 12.3. The van der Waals surface area contributed by atoms with Gasteiger partial charge in [-0.15, -0.1) is 0 Å². The summed E-state index contributed by atoms with van der Waals surface area (Å²) in [5.41, 5.74) is 12.5. The number of hydrogen-bond donors (Lipinski definition) is 2. The van der Waals surface area contributed by atoms with Gasteiger partial charge in [0.25, 0.3) is 0 Å². The lowest BCUT2D eigenvalue weighted by Crippen LogP contribution is -2.31. The summed E-state index contributed by atoms with van der Waals surface area (Å²) in [5.74, 6) is 1.47. The van der Waals surface area contributed by atoms with E-state index in [-0.39, 0.29) is 11.8 Å². The number of hydrogen-bond acceptors (Lipinski definition) is 3. The monoisotopic (exact) mass is 304 g/mol. The van der Waals surface area contributed by atoms with Crippen LogP contribution in [0.4, 0.5) is 0 Å². The van der Waals surface area contributed by atoms with Crippen LogP contribution in [0, 0.1) is 11.8 Å². The number of benzene rings is 1. The zero-order valence-electron chi connectivity index (χ0n) is 11.6. The van der Waals surface area contributed by atoms with Gasteiger partial charge in [-0.2, -0.15) is 0 Å². The van der Waals surface area contributed by atoms with Crippen LogP contribution in [0.15, 0.2) is 12.1 Å². The van der Waals surface area contributed by atoms with Crippen molar-refractivity contribution < 1.29 is 4.74 Å². The fourth-order valence-corrected chi connectivity index (χ4v) is 2.94. The molecule has 4 N–H and O–H groups in total. The van der Waals surface area contributed by atoms with Gasteiger partial charge in [0, 0.05) is 10.6 Å². The van der Waals surface area contributed by atoms with E-state index < -0.39 is 0 Å². The highest BCUT2D eigenvalue weighted by molar-refractivity contribution is 6.35. The molecule has 3 nitrogen and oxygen atoms in total. The van der Waals surface area contributed by atoms with Crippen LogP contribution in [0.3, 0.4) is 0 Å². The van der Waals surface area contributed by atoms with Crippen molar-refractivity contribution >= 4 is 23.2 Å². The predicted molar refractivity (Wildman–Crippen MR) is 82.2 cm³/mol. The zero-order valence-corrected chi connectivity index (χ0v) is 13.1. The van der Waals surface area contributed by atoms with Gasteiger partial charge < -0.3 is 16.2 Å². The summed E-state index contributed by atoms with van der Waals surface area (Å²) < 4.78 is 5.40. The summed E-state index contributed by atoms with van der Waals surface area (Å²) in [4.78, 5) is 0. The summed E-state index contributed by atoms with van der Waals surface area (Å²) in [5, 5.41) is 1.14. The maximum atomic E-state index is 6.17. The molecule has 0 aliphatic heterocycles. The van der Waals surface area contributed by atoms with E-state index in [0.717, 1.165) is 5.56 Å². The molecule has 0 aromatic heterocycles. The molecule has 1 aromatic rings. The highest BCUT2D eigenvalue weighted by Gasteiger charge is 2.25. The van der Waals surface area contributed by atoms with E-state index in [1.165, 1.54) is 0 Å². The minimum Gasteiger partial charge on any atom is -0.495 e. The van der Waals surface area contributed by atoms with Crippen LogP contribution in [-0.2, 0) is 0 Å². The van der Waals surface area contributed by atoms with E-state index in [1.807, 2.05) is 6.07 Å². The lowest BCUT2D eigenvalue weighted by atomic mass is 9.80. The van der Waals surface area contributed by atoms with Gasteiger partial charge in [-0.1, -0.05) is 37.0 Å². The average molecular weight is 305 g/mol. The Balaban J connectivity index is 3.14. The molecule has 1 rings (SSSR count). The van der Waals surface area contributed by atoms with Gasteiger partial charge >= 0.3 is 0 Å². The molecule has 0 radical (unpaired) electrons. The van der Waals surface area contributed by atoms with Crippen LogP contribution in [0.5, 0.6) is 5.75 Å². The topological polar surface area (TPSA) is 61.3 Å². The number of halogens is 2. The normalized spacial score (nSPS) is 14.5. The van der Waals surface area contributed by atoms with E-state index in [2.05, 4.69) is 13.8 Å². The van der Waals surface area contributed by atoms with Crippen LogP contribution in [0.1, 0.15) is 25.3 Å². The minimum atomic E-state index is 0.211. The van der Waals surface area contributed by atoms with Gasteiger partial charge in [0.1, 0.15) is 5.75 Å². The molecule has 0 spiro atoms. The smallest absolute Gasteiger partial charge is 0.141 e. The van der Waals surface area contributed by atoms with Crippen molar-refractivity contribution in [3.8, 4) is 5.75 Å². The first-order valence-corrected chi connectivity index (χ1v) is 7.14. The molecule has 0 saturated carbocycles. The summed E-state index contributed by atoms with van der Waals surface area (Å²) in [6.45, 7) is 5.40. The first kappa shape index (κ1) is 16.6. The van der Waals surface area contributed by atoms with Crippen molar-refractivity contribution in [1.29, 1.82) is 0 Å². The van der Waals surface area contributed by atoms with Crippen molar-refractivity contribution in [3.63, 3.8) is 0 Å². The molecule has 0 saturated heterocycles. The van der Waals surface area contributed by atoms with Crippen LogP contribution < -0.4 is 16.2 Å². The molecule has 2 atom stereocenters. The molecule has 0 aliphatic carbocycles. The molecular weight excluding hydrogens is 283 g/mol. The van der Waals surface area contributed by atoms with Crippen LogP contribution in [0.25, 0.3) is 0 Å². The standard InChI is InChI=1S/C14H22Cl2N2O/c1-8(10(6-17)7-18)9(2)12-4-11(15)5-13(16)14(12)19-3/h4-5,8-10H,6-7,17-18H2,1-3H3. The molecule has 0 heterocycles. The van der Waals surface area contributed by atoms with Crippen LogP contribution in [-0.4, -0.2) is 20.2 Å². The molecule has 1 aromatic carbocycles. The number of methoxy groups -OCH3 is 1. The lowest BCUT2D eigenvalue weighted by Gasteiger charge is -2.28. The largest absolute Gasteiger partial charge is 0.495 e. The fourth-order valence-electron chi connectivity index (χ4n) is 2.35. The van der Waals surface area contributed by atoms with Crippen molar-refractivity contribution in [2.75, 3.05) is 20.2 Å². The predicted octanol–water partition coefficient (Wildman–Crippen LogP) is 3.28. The third-order valence-electron chi connectivity index (χ3n) is 3.87. The quantitative estimate of drug-likeness (QED) is 0.848. The zero-order chi connectivity index (χ0) is 14.6. The summed E-state index contributed by atoms with van der Waals surface area (Å²) in [6.07, 6.45) is 0. The van der Waals surface area contributed by atoms with Gasteiger partial charge in [-0.05, 0) is 43.0 Å². The highest BCUT2D eigenvalue weighted by atomic mass is 35.5. The second kappa shape index (κ2) is 7.34. The van der Waals surface area contributed by atoms with E-state index in [4.69, 9.17) is 39.4 Å². The number of rotatable bonds is 6. The van der Waals surface area contributed by atoms with Crippen LogP contribution in [0.2, 0.25) is 10.0 Å². The Morgan fingerprint density at radius 1 is 1.16 bits per heavy atom. The fraction of sp³-hybridized carbons (Fsp3) is 0.571. The van der Waals surface area contributed by atoms with Crippen LogP contribution >= 0.6 is 23.2 Å². The number of ether oxygens (including phenoxy) is 1. The van der Waals surface area contributed by atoms with Crippen molar-refractivity contribution in [3.05, 3.63) is 27.7 Å². The van der Waals surface area contributed by atoms with Gasteiger partial charge in [0.2, 0.25) is 0 Å². The van der Waals surface area contributed by atoms with Crippen molar-refractivity contribution in [2.24, 2.45) is 23.3 Å². The minimum absolute atomic E-state index is 0.211. The van der Waals surface area contributed by atoms with Gasteiger partial charge in [0.05, 0.1) is 12.1 Å². The molecule has 0 amide bonds. The first-order chi connectivity index (χ1) is 8.96. The van der Waals surface area contributed by atoms with Crippen molar-refractivity contribution in [1.82, 2.24) is 0 Å². The van der Waals surface area contributed by atoms with Crippen molar-refractivity contribution in [2.45, 2.75) is 19.8 Å². The Bertz CT molecular complexity index is 422. The summed E-state index contributed by atoms with van der Waals surface area (Å²) in [7, 11) is 1.61. The van der Waals surface area contributed by atoms with Gasteiger partial charge in [-0.25, -0.2) is 0 Å². The molecule has 2 unspecified atom stereocenters. The third kappa shape index (κ3) is 3.76. The molecule has 19 heavy (non-hydrogen) atoms. The SMILES string of the molecule is COc1c(Cl)cc(Cl)cc1C(C)C(C)C(CN)CN. The van der Waals surface area contributed by atoms with E-state index in [1.54, 1.807) is 13.2 Å². The third-order valence-corrected chi connectivity index (χ3v) is 4.37. The second-order valence-corrected chi connectivity index (χ2v) is 5.73. The Hall–Kier alpha value is -0.480. The molecule has 108 valence electrons. The molecule has 0 bridgehead atoms. The maximum absolute atomic E-state index is 6.17. The second-order valence-electron chi connectivity index (χ2n) is 4.89. The Morgan fingerprint density at radius 3 is 2.21 bits per heavy atom.